The van der Waals surface area contributed by atoms with Gasteiger partial charge < -0.3 is 16.1 Å². The third kappa shape index (κ3) is 2.82. The Balaban J connectivity index is 2.14. The summed E-state index contributed by atoms with van der Waals surface area (Å²) < 4.78 is 1.75. The van der Waals surface area contributed by atoms with E-state index in [0.717, 1.165) is 0 Å². The first-order valence-corrected chi connectivity index (χ1v) is 6.52. The summed E-state index contributed by atoms with van der Waals surface area (Å²) in [5.41, 5.74) is 3.04. The molecule has 0 atom stereocenters. The first-order chi connectivity index (χ1) is 9.52. The molecule has 2 aromatic rings. The second-order valence-electron chi connectivity index (χ2n) is 3.90. The van der Waals surface area contributed by atoms with E-state index < -0.39 is 0 Å². The molecule has 0 amide bonds. The number of hydrogen-bond donors (Lipinski definition) is 4. The molecule has 0 saturated carbocycles. The van der Waals surface area contributed by atoms with Gasteiger partial charge in [0.05, 0.1) is 10.7 Å². The highest BCUT2D eigenvalue weighted by Crippen LogP contribution is 2.30. The van der Waals surface area contributed by atoms with Crippen LogP contribution in [0.5, 0.6) is 11.5 Å². The smallest absolute Gasteiger partial charge is 0.263 e. The number of anilines is 1. The van der Waals surface area contributed by atoms with E-state index in [1.165, 1.54) is 23.0 Å². The van der Waals surface area contributed by atoms with Gasteiger partial charge in [0.25, 0.3) is 5.95 Å². The van der Waals surface area contributed by atoms with Crippen molar-refractivity contribution in [1.82, 2.24) is 14.9 Å². The van der Waals surface area contributed by atoms with Crippen molar-refractivity contribution < 1.29 is 10.2 Å². The fourth-order valence-corrected chi connectivity index (χ4v) is 1.83. The number of phenols is 2. The van der Waals surface area contributed by atoms with Crippen molar-refractivity contribution in [1.29, 1.82) is 0 Å². The van der Waals surface area contributed by atoms with Crippen LogP contribution in [0.15, 0.2) is 21.7 Å². The lowest BCUT2D eigenvalue weighted by Crippen LogP contribution is -2.14. The van der Waals surface area contributed by atoms with Gasteiger partial charge in [-0.05, 0) is 22.0 Å². The van der Waals surface area contributed by atoms with Gasteiger partial charge in [-0.2, -0.15) is 5.10 Å². The first-order valence-electron chi connectivity index (χ1n) is 5.72. The summed E-state index contributed by atoms with van der Waals surface area (Å²) in [5.74, 6) is 6.49. The van der Waals surface area contributed by atoms with E-state index in [1.807, 2.05) is 6.92 Å². The number of phenolic OH excluding ortho intramolecular Hbond substituents is 2. The third-order valence-corrected chi connectivity index (χ3v) is 3.18. The van der Waals surface area contributed by atoms with Crippen molar-refractivity contribution in [2.75, 3.05) is 11.3 Å². The van der Waals surface area contributed by atoms with Crippen LogP contribution in [-0.4, -0.2) is 31.3 Å². The summed E-state index contributed by atoms with van der Waals surface area (Å²) in [4.78, 5) is 0. The molecule has 1 heterocycles. The minimum absolute atomic E-state index is 0.0538. The molecule has 0 aliphatic carbocycles. The van der Waals surface area contributed by atoms with E-state index in [0.29, 0.717) is 22.3 Å². The van der Waals surface area contributed by atoms with E-state index in [1.54, 1.807) is 0 Å². The van der Waals surface area contributed by atoms with Gasteiger partial charge in [0.1, 0.15) is 11.5 Å². The summed E-state index contributed by atoms with van der Waals surface area (Å²) in [6.45, 7) is 1.91. The van der Waals surface area contributed by atoms with E-state index in [9.17, 15) is 10.2 Å². The molecule has 1 aromatic heterocycles. The highest BCUT2D eigenvalue weighted by molar-refractivity contribution is 9.10. The molecule has 0 aliphatic rings. The van der Waals surface area contributed by atoms with Crippen molar-refractivity contribution in [3.63, 3.8) is 0 Å². The van der Waals surface area contributed by atoms with Gasteiger partial charge in [0.2, 0.25) is 0 Å². The number of nitrogens with zero attached hydrogens (tertiary/aromatic N) is 4. The molecular weight excluding hydrogens is 328 g/mol. The van der Waals surface area contributed by atoms with Gasteiger partial charge in [0.15, 0.2) is 5.82 Å². The summed E-state index contributed by atoms with van der Waals surface area (Å²) in [6.07, 6.45) is 2.03. The Kier molecular flexibility index (Phi) is 4.08. The number of hydrazone groups is 1. The van der Waals surface area contributed by atoms with E-state index >= 15 is 0 Å². The van der Waals surface area contributed by atoms with Crippen LogP contribution in [0.2, 0.25) is 0 Å². The third-order valence-electron chi connectivity index (χ3n) is 2.55. The Labute approximate surface area is 123 Å². The highest BCUT2D eigenvalue weighted by atomic mass is 79.9. The van der Waals surface area contributed by atoms with E-state index in [2.05, 4.69) is 36.7 Å². The predicted octanol–water partition coefficient (Wildman–Crippen LogP) is 1.17. The molecule has 8 nitrogen and oxygen atoms in total. The monoisotopic (exact) mass is 340 g/mol. The van der Waals surface area contributed by atoms with Crippen LogP contribution in [0.25, 0.3) is 0 Å². The topological polar surface area (TPSA) is 122 Å². The molecule has 1 aromatic carbocycles. The number of nitrogen functional groups attached to an aromatic ring is 1. The number of aromatic hydroxyl groups is 2. The molecule has 0 saturated heterocycles. The molecular formula is C11H13BrN6O2. The summed E-state index contributed by atoms with van der Waals surface area (Å²) in [5, 5.41) is 30.6. The van der Waals surface area contributed by atoms with Crippen molar-refractivity contribution in [3.8, 4) is 11.5 Å². The van der Waals surface area contributed by atoms with Gasteiger partial charge in [-0.15, -0.1) is 10.2 Å². The molecule has 2 rings (SSSR count). The van der Waals surface area contributed by atoms with Crippen LogP contribution < -0.4 is 11.3 Å². The lowest BCUT2D eigenvalue weighted by Gasteiger charge is -2.03. The normalized spacial score (nSPS) is 11.1. The molecule has 106 valence electrons. The maximum Gasteiger partial charge on any atom is 0.263 e. The molecule has 0 unspecified atom stereocenters. The average Bonchev–Trinajstić information content (AvgIpc) is 2.76. The zero-order valence-corrected chi connectivity index (χ0v) is 12.2. The van der Waals surface area contributed by atoms with Gasteiger partial charge in [-0.25, -0.2) is 10.1 Å². The Morgan fingerprint density at radius 3 is 2.80 bits per heavy atom. The molecule has 0 fully saturated rings. The lowest BCUT2D eigenvalue weighted by atomic mass is 10.2. The van der Waals surface area contributed by atoms with Crippen molar-refractivity contribution in [2.24, 2.45) is 5.10 Å². The minimum atomic E-state index is -0.0975. The van der Waals surface area contributed by atoms with Crippen molar-refractivity contribution >= 4 is 28.1 Å². The van der Waals surface area contributed by atoms with Gasteiger partial charge >= 0.3 is 0 Å². The molecule has 0 aliphatic heterocycles. The Hall–Kier alpha value is -2.29. The number of nitrogens with two attached hydrogens (primary N) is 1. The number of benzene rings is 1. The number of halogens is 1. The van der Waals surface area contributed by atoms with Crippen LogP contribution in [0.4, 0.5) is 5.95 Å². The van der Waals surface area contributed by atoms with Gasteiger partial charge in [-0.3, -0.25) is 0 Å². The van der Waals surface area contributed by atoms with Crippen LogP contribution in [0, 0.1) is 0 Å². The molecule has 0 bridgehead atoms. The second kappa shape index (κ2) is 5.78. The summed E-state index contributed by atoms with van der Waals surface area (Å²) >= 11 is 3.15. The number of nitrogens with one attached hydrogen (secondary N) is 1. The number of rotatable bonds is 4. The summed E-state index contributed by atoms with van der Waals surface area (Å²) in [7, 11) is 0. The maximum atomic E-state index is 9.65. The SMILES string of the molecule is CCc1nnc(N/N=C/c2cc(Br)c(O)cc2O)n1N. The Bertz CT molecular complexity index is 655. The summed E-state index contributed by atoms with van der Waals surface area (Å²) in [6, 6.07) is 2.74. The van der Waals surface area contributed by atoms with E-state index in [-0.39, 0.29) is 17.4 Å². The Morgan fingerprint density at radius 2 is 2.15 bits per heavy atom. The van der Waals surface area contributed by atoms with Crippen LogP contribution in [0.3, 0.4) is 0 Å². The maximum absolute atomic E-state index is 9.65. The highest BCUT2D eigenvalue weighted by Gasteiger charge is 2.07. The van der Waals surface area contributed by atoms with E-state index in [4.69, 9.17) is 5.84 Å². The van der Waals surface area contributed by atoms with Crippen molar-refractivity contribution in [2.45, 2.75) is 13.3 Å². The van der Waals surface area contributed by atoms with Crippen LogP contribution >= 0.6 is 15.9 Å². The second-order valence-corrected chi connectivity index (χ2v) is 4.75. The molecule has 9 heteroatoms. The standard InChI is InChI=1S/C11H13BrN6O2/c1-2-10-15-17-11(18(10)13)16-14-5-6-3-7(12)9(20)4-8(6)19/h3-5,19-20H,2,13H2,1H3,(H,16,17)/b14-5+. The zero-order chi connectivity index (χ0) is 14.7. The fraction of sp³-hybridized carbons (Fsp3) is 0.182. The zero-order valence-electron chi connectivity index (χ0n) is 10.6. The first kappa shape index (κ1) is 14.1. The fourth-order valence-electron chi connectivity index (χ4n) is 1.47. The lowest BCUT2D eigenvalue weighted by molar-refractivity contribution is 0.448. The average molecular weight is 341 g/mol. The molecule has 5 N–H and O–H groups in total. The van der Waals surface area contributed by atoms with Gasteiger partial charge in [0, 0.05) is 18.1 Å². The number of aryl methyl sites for hydroxylation is 1. The van der Waals surface area contributed by atoms with Crippen molar-refractivity contribution in [3.05, 3.63) is 28.0 Å². The minimum Gasteiger partial charge on any atom is -0.507 e. The number of aromatic nitrogens is 3. The van der Waals surface area contributed by atoms with Crippen LogP contribution in [0.1, 0.15) is 18.3 Å². The largest absolute Gasteiger partial charge is 0.507 e. The quantitative estimate of drug-likeness (QED) is 0.376. The Morgan fingerprint density at radius 1 is 1.40 bits per heavy atom. The molecule has 20 heavy (non-hydrogen) atoms. The van der Waals surface area contributed by atoms with Gasteiger partial charge in [-0.1, -0.05) is 6.92 Å². The van der Waals surface area contributed by atoms with Crippen LogP contribution in [-0.2, 0) is 6.42 Å². The molecule has 0 spiro atoms. The number of hydrogen-bond acceptors (Lipinski definition) is 7. The molecule has 0 radical (unpaired) electrons. The predicted molar refractivity (Wildman–Crippen MR) is 78.2 cm³/mol.